The Morgan fingerprint density at radius 1 is 1.16 bits per heavy atom. The van der Waals surface area contributed by atoms with Gasteiger partial charge in [-0.15, -0.1) is 0 Å². The van der Waals surface area contributed by atoms with Gasteiger partial charge in [-0.25, -0.2) is 4.98 Å². The molecular weight excluding hydrogens is 316 g/mol. The SMILES string of the molecule is Cc1ccc2c(c1OCC(C)n1ccnc1)C(=O)C(=O)C(C(C)C)=C2. The van der Waals surface area contributed by atoms with Crippen LogP contribution in [0.3, 0.4) is 0 Å². The van der Waals surface area contributed by atoms with Crippen LogP contribution in [0.5, 0.6) is 5.75 Å². The van der Waals surface area contributed by atoms with E-state index >= 15 is 0 Å². The molecule has 0 aliphatic heterocycles. The molecule has 1 aromatic carbocycles. The zero-order valence-corrected chi connectivity index (χ0v) is 14.9. The predicted octanol–water partition coefficient (Wildman–Crippen LogP) is 3.64. The number of carbonyl (C=O) groups is 2. The predicted molar refractivity (Wildman–Crippen MR) is 95.8 cm³/mol. The van der Waals surface area contributed by atoms with E-state index in [4.69, 9.17) is 4.74 Å². The highest BCUT2D eigenvalue weighted by Crippen LogP contribution is 2.34. The minimum Gasteiger partial charge on any atom is -0.490 e. The zero-order chi connectivity index (χ0) is 18.1. The molecular formula is C20H22N2O3. The van der Waals surface area contributed by atoms with Crippen molar-refractivity contribution < 1.29 is 14.3 Å². The molecule has 25 heavy (non-hydrogen) atoms. The summed E-state index contributed by atoms with van der Waals surface area (Å²) in [5.41, 5.74) is 2.54. The molecule has 0 amide bonds. The maximum Gasteiger partial charge on any atom is 0.237 e. The van der Waals surface area contributed by atoms with Crippen molar-refractivity contribution in [3.8, 4) is 5.75 Å². The summed E-state index contributed by atoms with van der Waals surface area (Å²) in [5.74, 6) is -0.394. The topological polar surface area (TPSA) is 61.2 Å². The van der Waals surface area contributed by atoms with E-state index in [0.717, 1.165) is 11.1 Å². The summed E-state index contributed by atoms with van der Waals surface area (Å²) >= 11 is 0. The Hall–Kier alpha value is -2.69. The average Bonchev–Trinajstić information content (AvgIpc) is 3.11. The average molecular weight is 338 g/mol. The number of ether oxygens (including phenoxy) is 1. The van der Waals surface area contributed by atoms with E-state index in [9.17, 15) is 9.59 Å². The second-order valence-electron chi connectivity index (χ2n) is 6.76. The largest absolute Gasteiger partial charge is 0.490 e. The Bertz CT molecular complexity index is 848. The second-order valence-corrected chi connectivity index (χ2v) is 6.76. The fraction of sp³-hybridized carbons (Fsp3) is 0.350. The zero-order valence-electron chi connectivity index (χ0n) is 14.9. The first-order valence-corrected chi connectivity index (χ1v) is 8.44. The van der Waals surface area contributed by atoms with Gasteiger partial charge in [-0.1, -0.05) is 26.0 Å². The Morgan fingerprint density at radius 2 is 1.92 bits per heavy atom. The summed E-state index contributed by atoms with van der Waals surface area (Å²) in [5, 5.41) is 0. The quantitative estimate of drug-likeness (QED) is 0.781. The first-order chi connectivity index (χ1) is 11.9. The number of aromatic nitrogens is 2. The Kier molecular flexibility index (Phi) is 4.57. The van der Waals surface area contributed by atoms with Gasteiger partial charge in [-0.05, 0) is 37.0 Å². The van der Waals surface area contributed by atoms with Gasteiger partial charge in [-0.3, -0.25) is 9.59 Å². The van der Waals surface area contributed by atoms with Crippen LogP contribution in [0.15, 0.2) is 36.4 Å². The van der Waals surface area contributed by atoms with E-state index in [0.29, 0.717) is 23.5 Å². The van der Waals surface area contributed by atoms with Gasteiger partial charge in [-0.2, -0.15) is 0 Å². The smallest absolute Gasteiger partial charge is 0.237 e. The number of Topliss-reactive ketones (excluding diaryl/α,β-unsaturated/α-hetero) is 2. The molecule has 1 aromatic heterocycles. The van der Waals surface area contributed by atoms with Crippen molar-refractivity contribution in [3.63, 3.8) is 0 Å². The van der Waals surface area contributed by atoms with Crippen LogP contribution in [0, 0.1) is 12.8 Å². The van der Waals surface area contributed by atoms with Crippen molar-refractivity contribution in [2.75, 3.05) is 6.61 Å². The lowest BCUT2D eigenvalue weighted by atomic mass is 9.84. The highest BCUT2D eigenvalue weighted by molar-refractivity contribution is 6.52. The van der Waals surface area contributed by atoms with Crippen molar-refractivity contribution in [2.45, 2.75) is 33.7 Å². The normalized spacial score (nSPS) is 15.2. The number of hydrogen-bond donors (Lipinski definition) is 0. The van der Waals surface area contributed by atoms with Crippen LogP contribution < -0.4 is 4.74 Å². The lowest BCUT2D eigenvalue weighted by Crippen LogP contribution is -2.25. The number of nitrogens with zero attached hydrogens (tertiary/aromatic N) is 2. The highest BCUT2D eigenvalue weighted by Gasteiger charge is 2.32. The van der Waals surface area contributed by atoms with Crippen LogP contribution >= 0.6 is 0 Å². The summed E-state index contributed by atoms with van der Waals surface area (Å²) in [6.45, 7) is 8.11. The Morgan fingerprint density at radius 3 is 2.56 bits per heavy atom. The molecule has 0 fully saturated rings. The van der Waals surface area contributed by atoms with Crippen molar-refractivity contribution in [2.24, 2.45) is 5.92 Å². The van der Waals surface area contributed by atoms with E-state index in [1.165, 1.54) is 0 Å². The molecule has 5 heteroatoms. The summed E-state index contributed by atoms with van der Waals surface area (Å²) in [6.07, 6.45) is 7.13. The first kappa shape index (κ1) is 17.1. The van der Waals surface area contributed by atoms with Crippen LogP contribution in [-0.2, 0) is 4.79 Å². The number of rotatable bonds is 5. The maximum absolute atomic E-state index is 12.7. The highest BCUT2D eigenvalue weighted by atomic mass is 16.5. The summed E-state index contributed by atoms with van der Waals surface area (Å²) < 4.78 is 7.92. The molecule has 0 N–H and O–H groups in total. The van der Waals surface area contributed by atoms with Crippen molar-refractivity contribution in [1.29, 1.82) is 0 Å². The third-order valence-corrected chi connectivity index (χ3v) is 4.52. The summed E-state index contributed by atoms with van der Waals surface area (Å²) in [6, 6.07) is 3.87. The first-order valence-electron chi connectivity index (χ1n) is 8.44. The lowest BCUT2D eigenvalue weighted by Gasteiger charge is -2.22. The fourth-order valence-corrected chi connectivity index (χ4v) is 2.97. The van der Waals surface area contributed by atoms with Gasteiger partial charge >= 0.3 is 0 Å². The molecule has 5 nitrogen and oxygen atoms in total. The molecule has 0 radical (unpaired) electrons. The number of fused-ring (bicyclic) bond motifs is 1. The van der Waals surface area contributed by atoms with Gasteiger partial charge in [0.1, 0.15) is 12.4 Å². The van der Waals surface area contributed by atoms with E-state index in [2.05, 4.69) is 4.98 Å². The van der Waals surface area contributed by atoms with Gasteiger partial charge in [0, 0.05) is 18.0 Å². The number of allylic oxidation sites excluding steroid dienone is 1. The molecule has 1 aliphatic carbocycles. The molecule has 0 spiro atoms. The molecule has 1 heterocycles. The molecule has 0 saturated heterocycles. The molecule has 1 aliphatic rings. The molecule has 0 bridgehead atoms. The maximum atomic E-state index is 12.7. The molecule has 130 valence electrons. The van der Waals surface area contributed by atoms with E-state index in [1.54, 1.807) is 12.5 Å². The van der Waals surface area contributed by atoms with Gasteiger partial charge in [0.2, 0.25) is 11.6 Å². The fourth-order valence-electron chi connectivity index (χ4n) is 2.97. The molecule has 1 unspecified atom stereocenters. The third-order valence-electron chi connectivity index (χ3n) is 4.52. The van der Waals surface area contributed by atoms with E-state index < -0.39 is 11.6 Å². The summed E-state index contributed by atoms with van der Waals surface area (Å²) in [4.78, 5) is 29.2. The van der Waals surface area contributed by atoms with Crippen molar-refractivity contribution in [3.05, 3.63) is 53.1 Å². The lowest BCUT2D eigenvalue weighted by molar-refractivity contribution is -0.112. The van der Waals surface area contributed by atoms with Crippen LogP contribution in [-0.4, -0.2) is 27.7 Å². The number of aryl methyl sites for hydroxylation is 1. The Labute approximate surface area is 147 Å². The number of ketones is 2. The minimum atomic E-state index is -0.477. The monoisotopic (exact) mass is 338 g/mol. The van der Waals surface area contributed by atoms with Gasteiger partial charge in [0.15, 0.2) is 0 Å². The van der Waals surface area contributed by atoms with Crippen LogP contribution in [0.4, 0.5) is 0 Å². The number of benzene rings is 1. The molecule has 1 atom stereocenters. The van der Waals surface area contributed by atoms with E-state index in [-0.39, 0.29) is 12.0 Å². The van der Waals surface area contributed by atoms with Crippen molar-refractivity contribution >= 4 is 17.6 Å². The van der Waals surface area contributed by atoms with Gasteiger partial charge in [0.05, 0.1) is 17.9 Å². The third kappa shape index (κ3) is 3.14. The second kappa shape index (κ2) is 6.67. The van der Waals surface area contributed by atoms with Crippen LogP contribution in [0.25, 0.3) is 6.08 Å². The van der Waals surface area contributed by atoms with Gasteiger partial charge in [0.25, 0.3) is 0 Å². The Balaban J connectivity index is 1.95. The number of imidazole rings is 1. The standard InChI is InChI=1S/C20H22N2O3/c1-12(2)16-9-15-6-5-13(3)20(17(15)19(24)18(16)23)25-10-14(4)22-8-7-21-11-22/h5-9,11-12,14H,10H2,1-4H3. The van der Waals surface area contributed by atoms with E-state index in [1.807, 2.05) is 56.7 Å². The molecule has 3 rings (SSSR count). The van der Waals surface area contributed by atoms with Crippen molar-refractivity contribution in [1.82, 2.24) is 9.55 Å². The molecule has 2 aromatic rings. The van der Waals surface area contributed by atoms with Crippen LogP contribution in [0.1, 0.15) is 48.3 Å². The summed E-state index contributed by atoms with van der Waals surface area (Å²) in [7, 11) is 0. The minimum absolute atomic E-state index is 0.0107. The number of hydrogen-bond acceptors (Lipinski definition) is 4. The number of carbonyl (C=O) groups excluding carboxylic acids is 2. The van der Waals surface area contributed by atoms with Gasteiger partial charge < -0.3 is 9.30 Å². The van der Waals surface area contributed by atoms with Crippen LogP contribution in [0.2, 0.25) is 0 Å². The molecule has 0 saturated carbocycles.